The molecule has 0 aliphatic carbocycles. The fraction of sp³-hybridized carbons (Fsp3) is 0.385. The van der Waals surface area contributed by atoms with Crippen LogP contribution in [0.3, 0.4) is 0 Å². The summed E-state index contributed by atoms with van der Waals surface area (Å²) in [4.78, 5) is 0. The van der Waals surface area contributed by atoms with Crippen LogP contribution in [0.25, 0.3) is 12.2 Å². The summed E-state index contributed by atoms with van der Waals surface area (Å²) in [7, 11) is 2.11. The molecule has 0 aliphatic rings. The highest BCUT2D eigenvalue weighted by Gasteiger charge is 2.03. The Morgan fingerprint density at radius 1 is 1.36 bits per heavy atom. The quantitative estimate of drug-likeness (QED) is 0.681. The molecule has 0 fully saturated rings. The molecule has 0 aromatic carbocycles. The first-order valence-corrected chi connectivity index (χ1v) is 5.16. The third kappa shape index (κ3) is 2.16. The van der Waals surface area contributed by atoms with Crippen LogP contribution in [0.2, 0.25) is 0 Å². The molecule has 0 saturated carbocycles. The Hall–Kier alpha value is -1.24. The van der Waals surface area contributed by atoms with Gasteiger partial charge in [0.25, 0.3) is 0 Å². The minimum atomic E-state index is 1.08. The van der Waals surface area contributed by atoms with Crippen LogP contribution in [0.5, 0.6) is 0 Å². The van der Waals surface area contributed by atoms with Crippen LogP contribution < -0.4 is 0 Å². The molecule has 1 aromatic rings. The molecule has 0 radical (unpaired) electrons. The van der Waals surface area contributed by atoms with Crippen LogP contribution >= 0.6 is 0 Å². The molecule has 1 heteroatoms. The maximum Gasteiger partial charge on any atom is 0.0476 e. The first kappa shape index (κ1) is 10.8. The predicted molar refractivity (Wildman–Crippen MR) is 64.2 cm³/mol. The molecule has 0 spiro atoms. The topological polar surface area (TPSA) is 4.93 Å². The second kappa shape index (κ2) is 4.85. The van der Waals surface area contributed by atoms with Gasteiger partial charge in [0.2, 0.25) is 0 Å². The van der Waals surface area contributed by atoms with Crippen molar-refractivity contribution in [1.82, 2.24) is 4.57 Å². The van der Waals surface area contributed by atoms with E-state index in [-0.39, 0.29) is 0 Å². The van der Waals surface area contributed by atoms with E-state index < -0.39 is 0 Å². The van der Waals surface area contributed by atoms with Crippen molar-refractivity contribution in [2.45, 2.75) is 27.2 Å². The van der Waals surface area contributed by atoms with Crippen LogP contribution in [0, 0.1) is 6.92 Å². The third-order valence-electron chi connectivity index (χ3n) is 2.41. The van der Waals surface area contributed by atoms with Crippen molar-refractivity contribution in [3.63, 3.8) is 0 Å². The molecular weight excluding hydrogens is 170 g/mol. The van der Waals surface area contributed by atoms with Crippen LogP contribution in [-0.4, -0.2) is 4.57 Å². The van der Waals surface area contributed by atoms with E-state index in [1.807, 2.05) is 0 Å². The highest BCUT2D eigenvalue weighted by atomic mass is 14.9. The van der Waals surface area contributed by atoms with Gasteiger partial charge >= 0.3 is 0 Å². The lowest BCUT2D eigenvalue weighted by atomic mass is 10.2. The molecule has 14 heavy (non-hydrogen) atoms. The first-order chi connectivity index (χ1) is 6.70. The lowest BCUT2D eigenvalue weighted by Crippen LogP contribution is -1.93. The molecule has 1 nitrogen and oxygen atoms in total. The number of aryl methyl sites for hydroxylation is 1. The molecule has 0 amide bonds. The van der Waals surface area contributed by atoms with Crippen LogP contribution in [0.4, 0.5) is 0 Å². The minimum absolute atomic E-state index is 1.08. The van der Waals surface area contributed by atoms with Crippen molar-refractivity contribution in [3.8, 4) is 0 Å². The third-order valence-corrected chi connectivity index (χ3v) is 2.41. The Balaban J connectivity index is 3.16. The number of aromatic nitrogens is 1. The Kier molecular flexibility index (Phi) is 3.75. The normalized spacial score (nSPS) is 12.0. The van der Waals surface area contributed by atoms with Crippen molar-refractivity contribution < 1.29 is 0 Å². The zero-order chi connectivity index (χ0) is 10.6. The molecule has 0 saturated heterocycles. The van der Waals surface area contributed by atoms with Gasteiger partial charge in [-0.3, -0.25) is 0 Å². The second-order valence-electron chi connectivity index (χ2n) is 3.50. The highest BCUT2D eigenvalue weighted by Crippen LogP contribution is 2.17. The molecule has 0 atom stereocenters. The van der Waals surface area contributed by atoms with Gasteiger partial charge in [0.15, 0.2) is 0 Å². The number of hydrogen-bond acceptors (Lipinski definition) is 0. The standard InChI is InChI=1S/C13H19N/c1-5-7-9-13-12(8-6-2)10-11(3)14(13)4/h6-10H,5H2,1-4H3/b8-6-,9-7-. The monoisotopic (exact) mass is 189 g/mol. The van der Waals surface area contributed by atoms with Gasteiger partial charge in [0.1, 0.15) is 0 Å². The SMILES string of the molecule is C/C=C\c1cc(C)n(C)c1/C=C\CC. The van der Waals surface area contributed by atoms with E-state index in [1.165, 1.54) is 17.0 Å². The van der Waals surface area contributed by atoms with Crippen molar-refractivity contribution in [3.05, 3.63) is 35.2 Å². The average molecular weight is 189 g/mol. The number of nitrogens with zero attached hydrogens (tertiary/aromatic N) is 1. The minimum Gasteiger partial charge on any atom is -0.348 e. The zero-order valence-electron chi connectivity index (χ0n) is 9.54. The summed E-state index contributed by atoms with van der Waals surface area (Å²) >= 11 is 0. The molecule has 0 bridgehead atoms. The van der Waals surface area contributed by atoms with Crippen LogP contribution in [0.15, 0.2) is 18.2 Å². The van der Waals surface area contributed by atoms with E-state index in [0.717, 1.165) is 6.42 Å². The van der Waals surface area contributed by atoms with E-state index in [4.69, 9.17) is 0 Å². The van der Waals surface area contributed by atoms with Crippen LogP contribution in [-0.2, 0) is 7.05 Å². The number of rotatable bonds is 3. The predicted octanol–water partition coefficient (Wildman–Crippen LogP) is 3.79. The second-order valence-corrected chi connectivity index (χ2v) is 3.50. The molecule has 1 aromatic heterocycles. The lowest BCUT2D eigenvalue weighted by molar-refractivity contribution is 0.870. The van der Waals surface area contributed by atoms with Crippen molar-refractivity contribution >= 4 is 12.2 Å². The molecule has 0 N–H and O–H groups in total. The van der Waals surface area contributed by atoms with E-state index in [0.29, 0.717) is 0 Å². The summed E-state index contributed by atoms with van der Waals surface area (Å²) in [5.41, 5.74) is 3.90. The number of allylic oxidation sites excluding steroid dienone is 2. The zero-order valence-corrected chi connectivity index (χ0v) is 9.54. The molecule has 1 rings (SSSR count). The number of hydrogen-bond donors (Lipinski definition) is 0. The maximum atomic E-state index is 2.22. The van der Waals surface area contributed by atoms with Gasteiger partial charge in [-0.15, -0.1) is 0 Å². The first-order valence-electron chi connectivity index (χ1n) is 5.16. The highest BCUT2D eigenvalue weighted by molar-refractivity contribution is 5.64. The molecule has 1 heterocycles. The van der Waals surface area contributed by atoms with Gasteiger partial charge in [-0.05, 0) is 38.0 Å². The summed E-state index contributed by atoms with van der Waals surface area (Å²) in [5.74, 6) is 0. The molecule has 0 aliphatic heterocycles. The Morgan fingerprint density at radius 3 is 2.64 bits per heavy atom. The Morgan fingerprint density at radius 2 is 2.07 bits per heavy atom. The van der Waals surface area contributed by atoms with E-state index >= 15 is 0 Å². The fourth-order valence-electron chi connectivity index (χ4n) is 1.53. The van der Waals surface area contributed by atoms with Gasteiger partial charge in [0, 0.05) is 18.4 Å². The summed E-state index contributed by atoms with van der Waals surface area (Å²) < 4.78 is 2.22. The van der Waals surface area contributed by atoms with E-state index in [2.05, 4.69) is 62.8 Å². The van der Waals surface area contributed by atoms with Gasteiger partial charge < -0.3 is 4.57 Å². The maximum absolute atomic E-state index is 2.22. The van der Waals surface area contributed by atoms with E-state index in [9.17, 15) is 0 Å². The Labute approximate surface area is 86.8 Å². The summed E-state index contributed by atoms with van der Waals surface area (Å²) in [5, 5.41) is 0. The van der Waals surface area contributed by atoms with Crippen LogP contribution in [0.1, 0.15) is 37.2 Å². The average Bonchev–Trinajstić information content (AvgIpc) is 2.42. The van der Waals surface area contributed by atoms with Gasteiger partial charge in [0.05, 0.1) is 0 Å². The summed E-state index contributed by atoms with van der Waals surface area (Å²) in [6.07, 6.45) is 9.71. The fourth-order valence-corrected chi connectivity index (χ4v) is 1.53. The van der Waals surface area contributed by atoms with Crippen molar-refractivity contribution in [2.75, 3.05) is 0 Å². The van der Waals surface area contributed by atoms with Crippen molar-refractivity contribution in [1.29, 1.82) is 0 Å². The lowest BCUT2D eigenvalue weighted by Gasteiger charge is -2.00. The van der Waals surface area contributed by atoms with Gasteiger partial charge in [-0.2, -0.15) is 0 Å². The van der Waals surface area contributed by atoms with E-state index in [1.54, 1.807) is 0 Å². The molecular formula is C13H19N. The smallest absolute Gasteiger partial charge is 0.0476 e. The molecule has 0 unspecified atom stereocenters. The summed E-state index contributed by atoms with van der Waals surface area (Å²) in [6.45, 7) is 6.34. The van der Waals surface area contributed by atoms with Gasteiger partial charge in [-0.25, -0.2) is 0 Å². The van der Waals surface area contributed by atoms with Crippen molar-refractivity contribution in [2.24, 2.45) is 7.05 Å². The summed E-state index contributed by atoms with van der Waals surface area (Å²) in [6, 6.07) is 2.22. The molecule has 76 valence electrons. The van der Waals surface area contributed by atoms with Gasteiger partial charge in [-0.1, -0.05) is 25.2 Å². The Bertz CT molecular complexity index is 354. The largest absolute Gasteiger partial charge is 0.348 e.